The molecule has 0 saturated carbocycles. The average Bonchev–Trinajstić information content (AvgIpc) is 3.55. The van der Waals surface area contributed by atoms with Crippen molar-refractivity contribution in [3.05, 3.63) is 107 Å². The maximum Gasteiger partial charge on any atom is 0.177 e. The zero-order valence-electron chi connectivity index (χ0n) is 19.8. The van der Waals surface area contributed by atoms with Crippen LogP contribution in [0.4, 0.5) is 0 Å². The zero-order valence-corrected chi connectivity index (χ0v) is 20.6. The average molecular weight is 485 g/mol. The van der Waals surface area contributed by atoms with Crippen molar-refractivity contribution in [3.63, 3.8) is 0 Å². The molecule has 35 heavy (non-hydrogen) atoms. The molecule has 0 amide bonds. The van der Waals surface area contributed by atoms with Crippen LogP contribution >= 0.6 is 11.8 Å². The van der Waals surface area contributed by atoms with E-state index in [1.54, 1.807) is 18.9 Å². The Bertz CT molecular complexity index is 1300. The van der Waals surface area contributed by atoms with Crippen LogP contribution in [0.3, 0.4) is 0 Å². The molecule has 3 aromatic carbocycles. The molecule has 1 aromatic heterocycles. The number of methoxy groups -OCH3 is 1. The number of benzene rings is 3. The third kappa shape index (κ3) is 5.03. The van der Waals surface area contributed by atoms with Crippen molar-refractivity contribution in [1.82, 2.24) is 25.9 Å². The molecular weight excluding hydrogens is 456 g/mol. The Morgan fingerprint density at radius 3 is 2.46 bits per heavy atom. The summed E-state index contributed by atoms with van der Waals surface area (Å²) in [5, 5.41) is 12.5. The highest BCUT2D eigenvalue weighted by Crippen LogP contribution is 2.31. The number of aromatic nitrogens is 2. The molecular formula is C27H28N6OS. The summed E-state index contributed by atoms with van der Waals surface area (Å²) in [7, 11) is 1.68. The van der Waals surface area contributed by atoms with E-state index in [1.807, 2.05) is 34.1 Å². The third-order valence-electron chi connectivity index (χ3n) is 5.89. The Labute approximate surface area is 209 Å². The van der Waals surface area contributed by atoms with Gasteiger partial charge in [-0.15, -0.1) is 22.4 Å². The van der Waals surface area contributed by atoms with Gasteiger partial charge >= 0.3 is 0 Å². The Morgan fingerprint density at radius 2 is 1.69 bits per heavy atom. The van der Waals surface area contributed by atoms with Crippen molar-refractivity contribution in [2.24, 2.45) is 5.10 Å². The fourth-order valence-corrected chi connectivity index (χ4v) is 5.09. The Balaban J connectivity index is 1.49. The largest absolute Gasteiger partial charge is 0.497 e. The zero-order chi connectivity index (χ0) is 24.0. The molecule has 7 nitrogen and oxygen atoms in total. The molecule has 0 radical (unpaired) electrons. The van der Waals surface area contributed by atoms with Crippen LogP contribution in [0.1, 0.15) is 29.2 Å². The Kier molecular flexibility index (Phi) is 7.02. The van der Waals surface area contributed by atoms with Crippen LogP contribution in [0.15, 0.2) is 95.2 Å². The van der Waals surface area contributed by atoms with Gasteiger partial charge in [-0.05, 0) is 41.3 Å². The monoisotopic (exact) mass is 484 g/mol. The van der Waals surface area contributed by atoms with E-state index in [1.165, 1.54) is 11.1 Å². The SMILES string of the molecule is CCc1ccccc1-n1ncc(C2=NNNN2Cc2ccc(OC)cc2)c1SCc1ccccc1. The number of nitrogens with zero attached hydrogens (tertiary/aromatic N) is 4. The number of hydrogen-bond donors (Lipinski definition) is 2. The maximum atomic E-state index is 5.29. The topological polar surface area (TPSA) is 66.7 Å². The predicted molar refractivity (Wildman–Crippen MR) is 140 cm³/mol. The first-order chi connectivity index (χ1) is 17.3. The summed E-state index contributed by atoms with van der Waals surface area (Å²) in [5.41, 5.74) is 11.8. The molecule has 0 unspecified atom stereocenters. The molecule has 1 aliphatic heterocycles. The van der Waals surface area contributed by atoms with Crippen molar-refractivity contribution < 1.29 is 4.74 Å². The highest BCUT2D eigenvalue weighted by Gasteiger charge is 2.26. The first-order valence-electron chi connectivity index (χ1n) is 11.6. The minimum absolute atomic E-state index is 0.634. The minimum Gasteiger partial charge on any atom is -0.497 e. The van der Waals surface area contributed by atoms with Gasteiger partial charge in [0.15, 0.2) is 5.84 Å². The number of aryl methyl sites for hydroxylation is 1. The molecule has 8 heteroatoms. The molecule has 1 aliphatic rings. The summed E-state index contributed by atoms with van der Waals surface area (Å²) in [5.74, 6) is 2.47. The Morgan fingerprint density at radius 1 is 0.914 bits per heavy atom. The molecule has 0 fully saturated rings. The minimum atomic E-state index is 0.634. The molecule has 5 rings (SSSR count). The van der Waals surface area contributed by atoms with Crippen molar-refractivity contribution >= 4 is 17.6 Å². The number of hydrazone groups is 1. The number of rotatable bonds is 9. The van der Waals surface area contributed by atoms with Crippen molar-refractivity contribution in [2.75, 3.05) is 7.11 Å². The van der Waals surface area contributed by atoms with Gasteiger partial charge in [0.1, 0.15) is 10.8 Å². The quantitative estimate of drug-likeness (QED) is 0.329. The number of hydrogen-bond acceptors (Lipinski definition) is 7. The van der Waals surface area contributed by atoms with Crippen LogP contribution in [0.25, 0.3) is 5.69 Å². The summed E-state index contributed by atoms with van der Waals surface area (Å²) < 4.78 is 7.34. The lowest BCUT2D eigenvalue weighted by molar-refractivity contribution is 0.287. The van der Waals surface area contributed by atoms with E-state index in [0.29, 0.717) is 6.54 Å². The van der Waals surface area contributed by atoms with Gasteiger partial charge in [0.25, 0.3) is 0 Å². The van der Waals surface area contributed by atoms with Gasteiger partial charge in [-0.25, -0.2) is 10.2 Å². The number of ether oxygens (including phenoxy) is 1. The van der Waals surface area contributed by atoms with Crippen LogP contribution in [0.2, 0.25) is 0 Å². The molecule has 0 saturated heterocycles. The van der Waals surface area contributed by atoms with E-state index in [-0.39, 0.29) is 0 Å². The van der Waals surface area contributed by atoms with E-state index >= 15 is 0 Å². The predicted octanol–water partition coefficient (Wildman–Crippen LogP) is 4.92. The lowest BCUT2D eigenvalue weighted by atomic mass is 10.1. The normalized spacial score (nSPS) is 13.0. The Hall–Kier alpha value is -3.75. The van der Waals surface area contributed by atoms with Gasteiger partial charge in [-0.1, -0.05) is 67.6 Å². The lowest BCUT2D eigenvalue weighted by Crippen LogP contribution is -2.40. The van der Waals surface area contributed by atoms with E-state index in [9.17, 15) is 0 Å². The highest BCUT2D eigenvalue weighted by atomic mass is 32.2. The van der Waals surface area contributed by atoms with Gasteiger partial charge in [0.05, 0.1) is 31.1 Å². The van der Waals surface area contributed by atoms with E-state index in [4.69, 9.17) is 9.84 Å². The fraction of sp³-hybridized carbons (Fsp3) is 0.185. The molecule has 2 N–H and O–H groups in total. The van der Waals surface area contributed by atoms with Crippen LogP contribution in [-0.4, -0.2) is 27.7 Å². The number of thioether (sulfide) groups is 1. The standard InChI is InChI=1S/C27H28N6OS/c1-3-22-11-7-8-12-25(22)33-27(35-19-21-9-5-4-6-10-21)24(17-28-33)26-29-30-31-32(26)18-20-13-15-23(34-2)16-14-20/h4-17,30-31H,3,18-19H2,1-2H3. The van der Waals surface area contributed by atoms with Gasteiger partial charge in [0.2, 0.25) is 0 Å². The summed E-state index contributed by atoms with van der Waals surface area (Å²) in [6, 6.07) is 27.0. The molecule has 4 aromatic rings. The second-order valence-electron chi connectivity index (χ2n) is 8.12. The van der Waals surface area contributed by atoms with Crippen LogP contribution in [0.5, 0.6) is 5.75 Å². The highest BCUT2D eigenvalue weighted by molar-refractivity contribution is 7.98. The van der Waals surface area contributed by atoms with Gasteiger partial charge < -0.3 is 4.74 Å². The lowest BCUT2D eigenvalue weighted by Gasteiger charge is -2.20. The van der Waals surface area contributed by atoms with E-state index in [0.717, 1.165) is 45.6 Å². The van der Waals surface area contributed by atoms with E-state index in [2.05, 4.69) is 83.8 Å². The van der Waals surface area contributed by atoms with Crippen LogP contribution < -0.4 is 15.8 Å². The van der Waals surface area contributed by atoms with Crippen molar-refractivity contribution in [3.8, 4) is 11.4 Å². The molecule has 0 atom stereocenters. The second-order valence-corrected chi connectivity index (χ2v) is 9.09. The number of hydrazine groups is 2. The second kappa shape index (κ2) is 10.7. The van der Waals surface area contributed by atoms with Crippen molar-refractivity contribution in [2.45, 2.75) is 30.7 Å². The first kappa shape index (κ1) is 23.0. The maximum absolute atomic E-state index is 5.29. The third-order valence-corrected chi connectivity index (χ3v) is 7.03. The molecule has 0 aliphatic carbocycles. The molecule has 0 spiro atoms. The molecule has 178 valence electrons. The smallest absolute Gasteiger partial charge is 0.177 e. The van der Waals surface area contributed by atoms with Crippen molar-refractivity contribution in [1.29, 1.82) is 0 Å². The number of amidine groups is 1. The van der Waals surface area contributed by atoms with Crippen LogP contribution in [0, 0.1) is 0 Å². The van der Waals surface area contributed by atoms with E-state index < -0.39 is 0 Å². The fourth-order valence-electron chi connectivity index (χ4n) is 4.03. The number of nitrogens with one attached hydrogen (secondary N) is 2. The molecule has 2 heterocycles. The summed E-state index contributed by atoms with van der Waals surface area (Å²) in [6.45, 7) is 2.81. The van der Waals surface area contributed by atoms with Gasteiger partial charge in [-0.3, -0.25) is 5.01 Å². The molecule has 0 bridgehead atoms. The van der Waals surface area contributed by atoms with Crippen LogP contribution in [-0.2, 0) is 18.7 Å². The first-order valence-corrected chi connectivity index (χ1v) is 12.6. The summed E-state index contributed by atoms with van der Waals surface area (Å²) in [6.07, 6.45) is 2.84. The van der Waals surface area contributed by atoms with Gasteiger partial charge in [0, 0.05) is 5.75 Å². The summed E-state index contributed by atoms with van der Waals surface area (Å²) in [4.78, 5) is 0. The van der Waals surface area contributed by atoms with Gasteiger partial charge in [-0.2, -0.15) is 5.10 Å². The summed E-state index contributed by atoms with van der Waals surface area (Å²) >= 11 is 1.77. The number of para-hydroxylation sites is 1.